The maximum Gasteiger partial charge on any atom is 0.184 e. The molecule has 1 aromatic carbocycles. The maximum absolute atomic E-state index is 12.5. The number of halogens is 1. The lowest BCUT2D eigenvalue weighted by Crippen LogP contribution is -2.27. The van der Waals surface area contributed by atoms with Crippen LogP contribution < -0.4 is 14.2 Å². The third-order valence-corrected chi connectivity index (χ3v) is 3.56. The highest BCUT2D eigenvalue weighted by molar-refractivity contribution is 6.03. The van der Waals surface area contributed by atoms with Crippen molar-refractivity contribution in [3.8, 4) is 17.2 Å². The Bertz CT molecular complexity index is 462. The van der Waals surface area contributed by atoms with E-state index >= 15 is 0 Å². The number of ketones is 1. The third-order valence-electron chi connectivity index (χ3n) is 3.56. The molecule has 0 N–H and O–H groups in total. The SMILES string of the molecule is COc1cc(OC)c(C(=O)CN2CCCC2)c(OC)c1.Cl. The third kappa shape index (κ3) is 4.02. The lowest BCUT2D eigenvalue weighted by Gasteiger charge is -2.17. The van der Waals surface area contributed by atoms with Gasteiger partial charge in [-0.1, -0.05) is 0 Å². The molecule has 0 aliphatic carbocycles. The Hall–Kier alpha value is -1.46. The van der Waals surface area contributed by atoms with E-state index in [1.807, 2.05) is 0 Å². The number of likely N-dealkylation sites (tertiary alicyclic amines) is 1. The Morgan fingerprint density at radius 2 is 1.57 bits per heavy atom. The van der Waals surface area contributed by atoms with Gasteiger partial charge in [0.1, 0.15) is 22.8 Å². The summed E-state index contributed by atoms with van der Waals surface area (Å²) in [5.41, 5.74) is 0.489. The molecule has 0 bridgehead atoms. The Morgan fingerprint density at radius 3 is 2.00 bits per heavy atom. The van der Waals surface area contributed by atoms with E-state index in [0.29, 0.717) is 29.4 Å². The van der Waals surface area contributed by atoms with Gasteiger partial charge in [-0.3, -0.25) is 9.69 Å². The van der Waals surface area contributed by atoms with E-state index in [4.69, 9.17) is 14.2 Å². The minimum atomic E-state index is 0. The second-order valence-corrected chi connectivity index (χ2v) is 4.81. The normalized spacial score (nSPS) is 14.4. The van der Waals surface area contributed by atoms with Crippen molar-refractivity contribution in [1.29, 1.82) is 0 Å². The topological polar surface area (TPSA) is 48.0 Å². The molecule has 0 aromatic heterocycles. The summed E-state index contributed by atoms with van der Waals surface area (Å²) in [7, 11) is 4.65. The summed E-state index contributed by atoms with van der Waals surface area (Å²) in [5, 5.41) is 0. The number of carbonyl (C=O) groups is 1. The van der Waals surface area contributed by atoms with Crippen molar-refractivity contribution in [1.82, 2.24) is 4.90 Å². The molecule has 0 amide bonds. The van der Waals surface area contributed by atoms with Crippen LogP contribution in [-0.2, 0) is 0 Å². The summed E-state index contributed by atoms with van der Waals surface area (Å²) in [6.45, 7) is 2.36. The van der Waals surface area contributed by atoms with Crippen LogP contribution in [0.2, 0.25) is 0 Å². The lowest BCUT2D eigenvalue weighted by molar-refractivity contribution is 0.0939. The molecule has 1 aliphatic heterocycles. The molecule has 6 heteroatoms. The summed E-state index contributed by atoms with van der Waals surface area (Å²) in [6, 6.07) is 3.42. The quantitative estimate of drug-likeness (QED) is 0.755. The van der Waals surface area contributed by atoms with E-state index in [9.17, 15) is 4.79 Å². The molecule has 1 fully saturated rings. The van der Waals surface area contributed by atoms with E-state index in [2.05, 4.69) is 4.90 Å². The second-order valence-electron chi connectivity index (χ2n) is 4.81. The Morgan fingerprint density at radius 1 is 1.05 bits per heavy atom. The van der Waals surface area contributed by atoms with Gasteiger partial charge in [0.2, 0.25) is 0 Å². The van der Waals surface area contributed by atoms with E-state index in [0.717, 1.165) is 25.9 Å². The standard InChI is InChI=1S/C15H21NO4.ClH/c1-18-11-8-13(19-2)15(14(9-11)20-3)12(17)10-16-6-4-5-7-16;/h8-9H,4-7,10H2,1-3H3;1H. The van der Waals surface area contributed by atoms with Crippen LogP contribution in [0.5, 0.6) is 17.2 Å². The van der Waals surface area contributed by atoms with Crippen LogP contribution >= 0.6 is 12.4 Å². The van der Waals surface area contributed by atoms with Gasteiger partial charge in [-0.15, -0.1) is 12.4 Å². The highest BCUT2D eigenvalue weighted by Gasteiger charge is 2.23. The molecule has 0 spiro atoms. The van der Waals surface area contributed by atoms with Crippen molar-refractivity contribution in [2.24, 2.45) is 0 Å². The van der Waals surface area contributed by atoms with Gasteiger partial charge in [0.25, 0.3) is 0 Å². The molecule has 1 heterocycles. The smallest absolute Gasteiger partial charge is 0.184 e. The van der Waals surface area contributed by atoms with Crippen molar-refractivity contribution in [2.75, 3.05) is 41.0 Å². The number of rotatable bonds is 6. The van der Waals surface area contributed by atoms with Crippen LogP contribution in [0.4, 0.5) is 0 Å². The number of hydrogen-bond acceptors (Lipinski definition) is 5. The number of ether oxygens (including phenoxy) is 3. The zero-order valence-electron chi connectivity index (χ0n) is 12.7. The molecule has 1 aliphatic rings. The largest absolute Gasteiger partial charge is 0.496 e. The van der Waals surface area contributed by atoms with Gasteiger partial charge in [0, 0.05) is 12.1 Å². The van der Waals surface area contributed by atoms with Gasteiger partial charge in [0.15, 0.2) is 5.78 Å². The van der Waals surface area contributed by atoms with Gasteiger partial charge < -0.3 is 14.2 Å². The molecule has 1 saturated heterocycles. The van der Waals surface area contributed by atoms with Crippen molar-refractivity contribution >= 4 is 18.2 Å². The van der Waals surface area contributed by atoms with Crippen LogP contribution in [0.15, 0.2) is 12.1 Å². The molecule has 1 aromatic rings. The van der Waals surface area contributed by atoms with Crippen molar-refractivity contribution in [3.05, 3.63) is 17.7 Å². The first kappa shape index (κ1) is 17.6. The molecule has 0 unspecified atom stereocenters. The summed E-state index contributed by atoms with van der Waals surface area (Å²) < 4.78 is 15.8. The molecule has 21 heavy (non-hydrogen) atoms. The molecule has 0 atom stereocenters. The van der Waals surface area contributed by atoms with Crippen molar-refractivity contribution in [2.45, 2.75) is 12.8 Å². The average molecular weight is 316 g/mol. The molecule has 2 rings (SSSR count). The second kappa shape index (κ2) is 8.10. The van der Waals surface area contributed by atoms with Gasteiger partial charge in [-0.05, 0) is 25.9 Å². The molecule has 118 valence electrons. The van der Waals surface area contributed by atoms with Crippen molar-refractivity contribution < 1.29 is 19.0 Å². The van der Waals surface area contributed by atoms with E-state index < -0.39 is 0 Å². The molecule has 0 radical (unpaired) electrons. The number of Topliss-reactive ketones (excluding diaryl/α,β-unsaturated/α-hetero) is 1. The predicted octanol–water partition coefficient (Wildman–Crippen LogP) is 2.41. The number of nitrogens with zero attached hydrogens (tertiary/aromatic N) is 1. The van der Waals surface area contributed by atoms with E-state index in [-0.39, 0.29) is 18.2 Å². The Labute approximate surface area is 131 Å². The fourth-order valence-electron chi connectivity index (χ4n) is 2.50. The zero-order chi connectivity index (χ0) is 14.5. The van der Waals surface area contributed by atoms with Gasteiger partial charge >= 0.3 is 0 Å². The molecule has 0 saturated carbocycles. The Kier molecular flexibility index (Phi) is 6.78. The highest BCUT2D eigenvalue weighted by atomic mass is 35.5. The minimum absolute atomic E-state index is 0. The maximum atomic E-state index is 12.5. The van der Waals surface area contributed by atoms with Crippen LogP contribution in [0.25, 0.3) is 0 Å². The van der Waals surface area contributed by atoms with Crippen LogP contribution in [0.1, 0.15) is 23.2 Å². The first-order valence-electron chi connectivity index (χ1n) is 6.75. The van der Waals surface area contributed by atoms with Gasteiger partial charge in [-0.2, -0.15) is 0 Å². The number of hydrogen-bond donors (Lipinski definition) is 0. The first-order valence-corrected chi connectivity index (χ1v) is 6.75. The van der Waals surface area contributed by atoms with Crippen molar-refractivity contribution in [3.63, 3.8) is 0 Å². The molecular formula is C15H22ClNO4. The summed E-state index contributed by atoms with van der Waals surface area (Å²) in [4.78, 5) is 14.7. The Balaban J connectivity index is 0.00000220. The van der Waals surface area contributed by atoms with Crippen LogP contribution in [0.3, 0.4) is 0 Å². The number of carbonyl (C=O) groups excluding carboxylic acids is 1. The van der Waals surface area contributed by atoms with Crippen LogP contribution in [0, 0.1) is 0 Å². The molecular weight excluding hydrogens is 294 g/mol. The minimum Gasteiger partial charge on any atom is -0.496 e. The summed E-state index contributed by atoms with van der Waals surface area (Å²) in [5.74, 6) is 1.61. The fourth-order valence-corrected chi connectivity index (χ4v) is 2.50. The zero-order valence-corrected chi connectivity index (χ0v) is 13.5. The van der Waals surface area contributed by atoms with E-state index in [1.165, 1.54) is 0 Å². The highest BCUT2D eigenvalue weighted by Crippen LogP contribution is 2.34. The van der Waals surface area contributed by atoms with Gasteiger partial charge in [0.05, 0.1) is 27.9 Å². The van der Waals surface area contributed by atoms with Gasteiger partial charge in [-0.25, -0.2) is 0 Å². The van der Waals surface area contributed by atoms with E-state index in [1.54, 1.807) is 33.5 Å². The predicted molar refractivity (Wildman–Crippen MR) is 83.4 cm³/mol. The number of methoxy groups -OCH3 is 3. The average Bonchev–Trinajstić information content (AvgIpc) is 2.98. The molecule has 5 nitrogen and oxygen atoms in total. The monoisotopic (exact) mass is 315 g/mol. The summed E-state index contributed by atoms with van der Waals surface area (Å²) in [6.07, 6.45) is 2.31. The summed E-state index contributed by atoms with van der Waals surface area (Å²) >= 11 is 0. The fraction of sp³-hybridized carbons (Fsp3) is 0.533. The lowest BCUT2D eigenvalue weighted by atomic mass is 10.1. The number of benzene rings is 1. The first-order chi connectivity index (χ1) is 9.69. The van der Waals surface area contributed by atoms with Crippen LogP contribution in [-0.4, -0.2) is 51.6 Å².